The number of benzene rings is 1. The van der Waals surface area contributed by atoms with Crippen LogP contribution in [0.25, 0.3) is 0 Å². The van der Waals surface area contributed by atoms with Crippen LogP contribution in [-0.4, -0.2) is 73.0 Å². The Bertz CT molecular complexity index is 889. The van der Waals surface area contributed by atoms with Gasteiger partial charge in [0.2, 0.25) is 12.0 Å². The van der Waals surface area contributed by atoms with E-state index in [1.54, 1.807) is 28.0 Å². The minimum atomic E-state index is -0.695. The van der Waals surface area contributed by atoms with Crippen LogP contribution in [-0.2, 0) is 9.59 Å². The van der Waals surface area contributed by atoms with E-state index in [0.29, 0.717) is 37.7 Å². The van der Waals surface area contributed by atoms with Crippen LogP contribution in [0.15, 0.2) is 47.1 Å². The van der Waals surface area contributed by atoms with Crippen molar-refractivity contribution in [3.63, 3.8) is 0 Å². The van der Waals surface area contributed by atoms with Crippen LogP contribution in [0.5, 0.6) is 11.5 Å². The van der Waals surface area contributed by atoms with Crippen molar-refractivity contribution < 1.29 is 28.3 Å². The lowest BCUT2D eigenvalue weighted by Crippen LogP contribution is -2.56. The Morgan fingerprint density at radius 2 is 1.69 bits per heavy atom. The molecule has 1 aromatic heterocycles. The molecule has 0 radical (unpaired) electrons. The zero-order chi connectivity index (χ0) is 20.2. The molecule has 9 nitrogen and oxygen atoms in total. The van der Waals surface area contributed by atoms with Gasteiger partial charge in [0.1, 0.15) is 6.61 Å². The molecule has 3 heterocycles. The summed E-state index contributed by atoms with van der Waals surface area (Å²) < 4.78 is 16.4. The van der Waals surface area contributed by atoms with E-state index in [1.165, 1.54) is 12.3 Å². The molecule has 29 heavy (non-hydrogen) atoms. The zero-order valence-corrected chi connectivity index (χ0v) is 15.7. The lowest BCUT2D eigenvalue weighted by Gasteiger charge is -2.37. The van der Waals surface area contributed by atoms with E-state index >= 15 is 0 Å². The first-order chi connectivity index (χ1) is 14.1. The van der Waals surface area contributed by atoms with Gasteiger partial charge in [-0.3, -0.25) is 14.4 Å². The van der Waals surface area contributed by atoms with Gasteiger partial charge in [0, 0.05) is 26.2 Å². The maximum atomic E-state index is 12.7. The third-order valence-corrected chi connectivity index (χ3v) is 4.87. The Morgan fingerprint density at radius 3 is 2.41 bits per heavy atom. The Balaban J connectivity index is 1.24. The summed E-state index contributed by atoms with van der Waals surface area (Å²) in [4.78, 5) is 40.2. The van der Waals surface area contributed by atoms with Crippen LogP contribution in [0.1, 0.15) is 10.6 Å². The van der Waals surface area contributed by atoms with E-state index in [-0.39, 0.29) is 30.7 Å². The molecule has 2 aliphatic heterocycles. The molecule has 1 saturated heterocycles. The van der Waals surface area contributed by atoms with Crippen molar-refractivity contribution in [2.45, 2.75) is 6.10 Å². The molecular formula is C20H21N3O6. The molecule has 1 N–H and O–H groups in total. The van der Waals surface area contributed by atoms with Gasteiger partial charge < -0.3 is 29.0 Å². The minimum Gasteiger partial charge on any atom is -0.485 e. The fraction of sp³-hybridized carbons (Fsp3) is 0.350. The Kier molecular flexibility index (Phi) is 5.37. The molecule has 0 unspecified atom stereocenters. The van der Waals surface area contributed by atoms with Crippen molar-refractivity contribution in [2.75, 3.05) is 39.3 Å². The standard InChI is InChI=1S/C20H21N3O6/c24-18(12-21-19(25)16-6-3-11-27-16)22-7-9-23(10-8-22)20(26)17-13-28-14-4-1-2-5-15(14)29-17/h1-6,11,17H,7-10,12-13H2,(H,21,25)/t17-/m0/s1. The maximum Gasteiger partial charge on any atom is 0.287 e. The average molecular weight is 399 g/mol. The minimum absolute atomic E-state index is 0.121. The number of carbonyl (C=O) groups excluding carboxylic acids is 3. The highest BCUT2D eigenvalue weighted by atomic mass is 16.6. The molecular weight excluding hydrogens is 378 g/mol. The first-order valence-electron chi connectivity index (χ1n) is 9.38. The number of fused-ring (bicyclic) bond motifs is 1. The van der Waals surface area contributed by atoms with E-state index < -0.39 is 12.0 Å². The Labute approximate surface area is 167 Å². The normalized spacial score (nSPS) is 18.3. The molecule has 0 bridgehead atoms. The van der Waals surface area contributed by atoms with Gasteiger partial charge in [-0.25, -0.2) is 0 Å². The van der Waals surface area contributed by atoms with E-state index in [1.807, 2.05) is 12.1 Å². The number of nitrogens with zero attached hydrogens (tertiary/aromatic N) is 2. The highest BCUT2D eigenvalue weighted by molar-refractivity contribution is 5.94. The summed E-state index contributed by atoms with van der Waals surface area (Å²) in [6.07, 6.45) is 0.701. The van der Waals surface area contributed by atoms with Crippen LogP contribution in [0.4, 0.5) is 0 Å². The number of piperazine rings is 1. The van der Waals surface area contributed by atoms with Gasteiger partial charge in [-0.15, -0.1) is 0 Å². The smallest absolute Gasteiger partial charge is 0.287 e. The Morgan fingerprint density at radius 1 is 0.966 bits per heavy atom. The monoisotopic (exact) mass is 399 g/mol. The van der Waals surface area contributed by atoms with E-state index in [2.05, 4.69) is 5.32 Å². The molecule has 2 aromatic rings. The predicted octanol–water partition coefficient (Wildman–Crippen LogP) is 0.520. The summed E-state index contributed by atoms with van der Waals surface area (Å²) in [7, 11) is 0. The number of rotatable bonds is 4. The van der Waals surface area contributed by atoms with E-state index in [0.717, 1.165) is 0 Å². The first-order valence-corrected chi connectivity index (χ1v) is 9.38. The van der Waals surface area contributed by atoms with Crippen LogP contribution < -0.4 is 14.8 Å². The topological polar surface area (TPSA) is 101 Å². The SMILES string of the molecule is O=C(NCC(=O)N1CCN(C(=O)[C@@H]2COc3ccccc3O2)CC1)c1ccco1. The van der Waals surface area contributed by atoms with Crippen molar-refractivity contribution in [1.82, 2.24) is 15.1 Å². The van der Waals surface area contributed by atoms with Crippen LogP contribution in [0.3, 0.4) is 0 Å². The van der Waals surface area contributed by atoms with Gasteiger partial charge in [0.25, 0.3) is 11.8 Å². The molecule has 152 valence electrons. The number of amides is 3. The summed E-state index contributed by atoms with van der Waals surface area (Å²) in [5.74, 6) is 0.541. The maximum absolute atomic E-state index is 12.7. The van der Waals surface area contributed by atoms with Crippen LogP contribution >= 0.6 is 0 Å². The molecule has 0 spiro atoms. The van der Waals surface area contributed by atoms with Crippen LogP contribution in [0, 0.1) is 0 Å². The second-order valence-corrected chi connectivity index (χ2v) is 6.73. The molecule has 1 aromatic carbocycles. The van der Waals surface area contributed by atoms with Crippen molar-refractivity contribution in [2.24, 2.45) is 0 Å². The third-order valence-electron chi connectivity index (χ3n) is 4.87. The number of para-hydroxylation sites is 2. The van der Waals surface area contributed by atoms with Gasteiger partial charge in [-0.2, -0.15) is 0 Å². The van der Waals surface area contributed by atoms with E-state index in [9.17, 15) is 14.4 Å². The molecule has 2 aliphatic rings. The largest absolute Gasteiger partial charge is 0.485 e. The van der Waals surface area contributed by atoms with Crippen molar-refractivity contribution in [1.29, 1.82) is 0 Å². The number of furan rings is 1. The molecule has 4 rings (SSSR count). The molecule has 0 aliphatic carbocycles. The van der Waals surface area contributed by atoms with Gasteiger partial charge in [0.05, 0.1) is 12.8 Å². The highest BCUT2D eigenvalue weighted by Crippen LogP contribution is 2.31. The number of nitrogens with one attached hydrogen (secondary N) is 1. The molecule has 0 saturated carbocycles. The zero-order valence-electron chi connectivity index (χ0n) is 15.7. The molecule has 1 fully saturated rings. The second-order valence-electron chi connectivity index (χ2n) is 6.73. The van der Waals surface area contributed by atoms with Gasteiger partial charge in [0.15, 0.2) is 17.3 Å². The predicted molar refractivity (Wildman–Crippen MR) is 101 cm³/mol. The second kappa shape index (κ2) is 8.26. The number of hydrogen-bond donors (Lipinski definition) is 1. The van der Waals surface area contributed by atoms with Gasteiger partial charge >= 0.3 is 0 Å². The summed E-state index contributed by atoms with van der Waals surface area (Å²) in [6, 6.07) is 10.4. The van der Waals surface area contributed by atoms with Crippen molar-refractivity contribution >= 4 is 17.7 Å². The summed E-state index contributed by atoms with van der Waals surface area (Å²) in [5.41, 5.74) is 0. The van der Waals surface area contributed by atoms with E-state index in [4.69, 9.17) is 13.9 Å². The molecule has 3 amide bonds. The summed E-state index contributed by atoms with van der Waals surface area (Å²) >= 11 is 0. The van der Waals surface area contributed by atoms with Gasteiger partial charge in [-0.05, 0) is 24.3 Å². The lowest BCUT2D eigenvalue weighted by atomic mass is 10.2. The fourth-order valence-electron chi connectivity index (χ4n) is 3.28. The fourth-order valence-corrected chi connectivity index (χ4v) is 3.28. The van der Waals surface area contributed by atoms with Crippen molar-refractivity contribution in [3.8, 4) is 11.5 Å². The number of hydrogen-bond acceptors (Lipinski definition) is 6. The lowest BCUT2D eigenvalue weighted by molar-refractivity contribution is -0.146. The number of carbonyl (C=O) groups is 3. The first kappa shape index (κ1) is 18.9. The van der Waals surface area contributed by atoms with Crippen molar-refractivity contribution in [3.05, 3.63) is 48.4 Å². The third kappa shape index (κ3) is 4.18. The molecule has 9 heteroatoms. The number of ether oxygens (including phenoxy) is 2. The van der Waals surface area contributed by atoms with Gasteiger partial charge in [-0.1, -0.05) is 12.1 Å². The highest BCUT2D eigenvalue weighted by Gasteiger charge is 2.33. The summed E-state index contributed by atoms with van der Waals surface area (Å²) in [6.45, 7) is 1.63. The summed E-state index contributed by atoms with van der Waals surface area (Å²) in [5, 5.41) is 2.54. The van der Waals surface area contributed by atoms with Crippen LogP contribution in [0.2, 0.25) is 0 Å². The average Bonchev–Trinajstić information content (AvgIpc) is 3.31. The molecule has 1 atom stereocenters. The quantitative estimate of drug-likeness (QED) is 0.805. The Hall–Kier alpha value is -3.49.